The molecule has 0 radical (unpaired) electrons. The molecule has 1 saturated carbocycles. The lowest BCUT2D eigenvalue weighted by Crippen LogP contribution is -2.13. The second-order valence-corrected chi connectivity index (χ2v) is 9.16. The molecular formula is C29H31F3O2. The first kappa shape index (κ1) is 24.3. The summed E-state index contributed by atoms with van der Waals surface area (Å²) in [6, 6.07) is 15.1. The molecule has 0 atom stereocenters. The Labute approximate surface area is 199 Å². The van der Waals surface area contributed by atoms with E-state index in [1.165, 1.54) is 6.07 Å². The Balaban J connectivity index is 1.42. The van der Waals surface area contributed by atoms with Crippen LogP contribution in [-0.4, -0.2) is 6.61 Å². The number of ether oxygens (including phenoxy) is 2. The molecule has 0 aliphatic heterocycles. The van der Waals surface area contributed by atoms with Crippen LogP contribution in [0.3, 0.4) is 0 Å². The summed E-state index contributed by atoms with van der Waals surface area (Å²) in [7, 11) is 0. The van der Waals surface area contributed by atoms with Gasteiger partial charge in [-0.05, 0) is 66.5 Å². The predicted molar refractivity (Wildman–Crippen MR) is 128 cm³/mol. The number of halogens is 3. The Kier molecular flexibility index (Phi) is 7.94. The molecule has 2 nitrogen and oxygen atoms in total. The molecule has 1 aliphatic rings. The van der Waals surface area contributed by atoms with Crippen LogP contribution in [0.2, 0.25) is 0 Å². The molecule has 0 aromatic heterocycles. The fourth-order valence-corrected chi connectivity index (χ4v) is 4.58. The maximum atomic E-state index is 14.9. The largest absolute Gasteiger partial charge is 0.489 e. The monoisotopic (exact) mass is 468 g/mol. The molecule has 0 amide bonds. The standard InChI is InChI=1S/C29H31F3O2/c1-3-33-17-20-6-9-23(27(30)16-20)18-34-24-12-10-22(11-13-24)26-15-14-25(28(31)29(26)32)21-7-4-19(2)5-8-21/h6,9-16,19,21H,3-5,7-8,17-18H2,1-2H3. The van der Waals surface area contributed by atoms with E-state index >= 15 is 0 Å². The second-order valence-electron chi connectivity index (χ2n) is 9.16. The van der Waals surface area contributed by atoms with Crippen LogP contribution in [0.25, 0.3) is 11.1 Å². The van der Waals surface area contributed by atoms with Gasteiger partial charge >= 0.3 is 0 Å². The minimum absolute atomic E-state index is 0.0672. The Morgan fingerprint density at radius 1 is 0.824 bits per heavy atom. The van der Waals surface area contributed by atoms with Crippen LogP contribution in [0.15, 0.2) is 54.6 Å². The lowest BCUT2D eigenvalue weighted by Gasteiger charge is -2.27. The van der Waals surface area contributed by atoms with Gasteiger partial charge in [0.1, 0.15) is 18.2 Å². The highest BCUT2D eigenvalue weighted by molar-refractivity contribution is 5.65. The van der Waals surface area contributed by atoms with Crippen molar-refractivity contribution in [1.82, 2.24) is 0 Å². The zero-order valence-corrected chi connectivity index (χ0v) is 19.8. The fraction of sp³-hybridized carbons (Fsp3) is 0.379. The van der Waals surface area contributed by atoms with Gasteiger partial charge in [-0.25, -0.2) is 13.2 Å². The molecule has 0 N–H and O–H groups in total. The van der Waals surface area contributed by atoms with Crippen LogP contribution < -0.4 is 4.74 Å². The van der Waals surface area contributed by atoms with Crippen LogP contribution in [0, 0.1) is 23.4 Å². The topological polar surface area (TPSA) is 18.5 Å². The van der Waals surface area contributed by atoms with E-state index in [2.05, 4.69) is 6.92 Å². The van der Waals surface area contributed by atoms with E-state index in [0.717, 1.165) is 31.2 Å². The van der Waals surface area contributed by atoms with Crippen molar-refractivity contribution in [1.29, 1.82) is 0 Å². The van der Waals surface area contributed by atoms with E-state index in [4.69, 9.17) is 9.47 Å². The molecular weight excluding hydrogens is 437 g/mol. The summed E-state index contributed by atoms with van der Waals surface area (Å²) in [5.74, 6) is -0.626. The lowest BCUT2D eigenvalue weighted by molar-refractivity contribution is 0.134. The Bertz CT molecular complexity index is 1100. The Morgan fingerprint density at radius 3 is 2.24 bits per heavy atom. The zero-order valence-electron chi connectivity index (χ0n) is 19.8. The highest BCUT2D eigenvalue weighted by Gasteiger charge is 2.25. The summed E-state index contributed by atoms with van der Waals surface area (Å²) in [6.07, 6.45) is 3.91. The quantitative estimate of drug-likeness (QED) is 0.332. The number of hydrogen-bond donors (Lipinski definition) is 0. The molecule has 0 unspecified atom stereocenters. The van der Waals surface area contributed by atoms with Gasteiger partial charge in [0.15, 0.2) is 11.6 Å². The van der Waals surface area contributed by atoms with Crippen molar-refractivity contribution in [3.8, 4) is 16.9 Å². The van der Waals surface area contributed by atoms with Gasteiger partial charge in [-0.2, -0.15) is 0 Å². The molecule has 4 rings (SSSR count). The molecule has 0 heterocycles. The van der Waals surface area contributed by atoms with Crippen LogP contribution >= 0.6 is 0 Å². The number of benzene rings is 3. The minimum atomic E-state index is -0.806. The van der Waals surface area contributed by atoms with Gasteiger partial charge < -0.3 is 9.47 Å². The predicted octanol–water partition coefficient (Wildman–Crippen LogP) is 8.18. The number of rotatable bonds is 8. The van der Waals surface area contributed by atoms with Crippen LogP contribution in [0.5, 0.6) is 5.75 Å². The molecule has 3 aromatic carbocycles. The lowest BCUT2D eigenvalue weighted by atomic mass is 9.79. The summed E-state index contributed by atoms with van der Waals surface area (Å²) in [5, 5.41) is 0. The second kappa shape index (κ2) is 11.1. The molecule has 3 aromatic rings. The normalized spacial score (nSPS) is 18.1. The third kappa shape index (κ3) is 5.64. The number of hydrogen-bond acceptors (Lipinski definition) is 2. The summed E-state index contributed by atoms with van der Waals surface area (Å²) in [4.78, 5) is 0. The first-order valence-electron chi connectivity index (χ1n) is 12.0. The smallest absolute Gasteiger partial charge is 0.166 e. The minimum Gasteiger partial charge on any atom is -0.489 e. The SMILES string of the molecule is CCOCc1ccc(COc2ccc(-c3ccc(C4CCC(C)CC4)c(F)c3F)cc2)c(F)c1. The van der Waals surface area contributed by atoms with Crippen molar-refractivity contribution >= 4 is 0 Å². The average molecular weight is 469 g/mol. The van der Waals surface area contributed by atoms with E-state index in [9.17, 15) is 13.2 Å². The Hall–Kier alpha value is -2.79. The van der Waals surface area contributed by atoms with Gasteiger partial charge in [0.2, 0.25) is 0 Å². The molecule has 0 saturated heterocycles. The molecule has 0 bridgehead atoms. The highest BCUT2D eigenvalue weighted by Crippen LogP contribution is 2.38. The van der Waals surface area contributed by atoms with Crippen molar-refractivity contribution in [2.75, 3.05) is 6.61 Å². The van der Waals surface area contributed by atoms with E-state index in [1.807, 2.05) is 13.0 Å². The van der Waals surface area contributed by atoms with Gasteiger partial charge in [0.05, 0.1) is 6.61 Å². The van der Waals surface area contributed by atoms with Crippen LogP contribution in [-0.2, 0) is 18.0 Å². The van der Waals surface area contributed by atoms with Crippen molar-refractivity contribution < 1.29 is 22.6 Å². The zero-order chi connectivity index (χ0) is 24.1. The molecule has 180 valence electrons. The van der Waals surface area contributed by atoms with Gasteiger partial charge in [-0.3, -0.25) is 0 Å². The van der Waals surface area contributed by atoms with Crippen LogP contribution in [0.4, 0.5) is 13.2 Å². The molecule has 5 heteroatoms. The maximum absolute atomic E-state index is 14.9. The first-order valence-corrected chi connectivity index (χ1v) is 12.0. The van der Waals surface area contributed by atoms with Gasteiger partial charge in [0, 0.05) is 17.7 Å². The van der Waals surface area contributed by atoms with E-state index in [1.54, 1.807) is 42.5 Å². The summed E-state index contributed by atoms with van der Waals surface area (Å²) in [6.45, 7) is 5.11. The molecule has 1 aliphatic carbocycles. The van der Waals surface area contributed by atoms with E-state index in [-0.39, 0.29) is 23.9 Å². The first-order chi connectivity index (χ1) is 16.5. The van der Waals surface area contributed by atoms with E-state index in [0.29, 0.717) is 41.6 Å². The molecule has 34 heavy (non-hydrogen) atoms. The van der Waals surface area contributed by atoms with Crippen molar-refractivity contribution in [3.05, 3.63) is 88.7 Å². The third-order valence-corrected chi connectivity index (χ3v) is 6.72. The van der Waals surface area contributed by atoms with Crippen molar-refractivity contribution in [2.45, 2.75) is 58.7 Å². The third-order valence-electron chi connectivity index (χ3n) is 6.72. The summed E-state index contributed by atoms with van der Waals surface area (Å²) in [5.41, 5.74) is 2.49. The van der Waals surface area contributed by atoms with Crippen LogP contribution in [0.1, 0.15) is 62.1 Å². The average Bonchev–Trinajstić information content (AvgIpc) is 2.85. The highest BCUT2D eigenvalue weighted by atomic mass is 19.2. The maximum Gasteiger partial charge on any atom is 0.166 e. The summed E-state index contributed by atoms with van der Waals surface area (Å²) < 4.78 is 55.2. The Morgan fingerprint density at radius 2 is 1.56 bits per heavy atom. The summed E-state index contributed by atoms with van der Waals surface area (Å²) >= 11 is 0. The van der Waals surface area contributed by atoms with Gasteiger partial charge in [-0.15, -0.1) is 0 Å². The van der Waals surface area contributed by atoms with E-state index < -0.39 is 11.6 Å². The fourth-order valence-electron chi connectivity index (χ4n) is 4.58. The van der Waals surface area contributed by atoms with Crippen molar-refractivity contribution in [3.63, 3.8) is 0 Å². The molecule has 0 spiro atoms. The van der Waals surface area contributed by atoms with Gasteiger partial charge in [0.25, 0.3) is 0 Å². The molecule has 1 fully saturated rings. The van der Waals surface area contributed by atoms with Crippen molar-refractivity contribution in [2.24, 2.45) is 5.92 Å². The van der Waals surface area contributed by atoms with Gasteiger partial charge in [-0.1, -0.05) is 56.2 Å².